The predicted octanol–water partition coefficient (Wildman–Crippen LogP) is 5.19. The number of amides is 1. The molecule has 1 unspecified atom stereocenters. The van der Waals surface area contributed by atoms with Gasteiger partial charge in [0.15, 0.2) is 6.23 Å². The van der Waals surface area contributed by atoms with E-state index in [1.807, 2.05) is 6.07 Å². The van der Waals surface area contributed by atoms with Crippen LogP contribution in [0.25, 0.3) is 0 Å². The van der Waals surface area contributed by atoms with Crippen molar-refractivity contribution in [1.29, 1.82) is 5.26 Å². The molecule has 0 heterocycles. The van der Waals surface area contributed by atoms with Crippen LogP contribution in [0.15, 0.2) is 36.4 Å². The molecule has 2 aromatic carbocycles. The lowest BCUT2D eigenvalue weighted by Crippen LogP contribution is -2.40. The maximum Gasteiger partial charge on any atom is 0.410 e. The Morgan fingerprint density at radius 1 is 1.25 bits per heavy atom. The van der Waals surface area contributed by atoms with Crippen molar-refractivity contribution in [3.05, 3.63) is 63.9 Å². The zero-order valence-corrected chi connectivity index (χ0v) is 16.9. The monoisotopic (exact) mass is 404 g/mol. The average Bonchev–Trinajstić information content (AvgIpc) is 2.52. The number of hydrogen-bond acceptors (Lipinski definition) is 4. The highest BCUT2D eigenvalue weighted by atomic mass is 35.5. The summed E-state index contributed by atoms with van der Waals surface area (Å²) in [6.45, 7) is 6.89. The minimum absolute atomic E-state index is 0.276. The second-order valence-corrected chi connectivity index (χ2v) is 7.71. The van der Waals surface area contributed by atoms with Crippen molar-refractivity contribution in [1.82, 2.24) is 5.32 Å². The summed E-state index contributed by atoms with van der Waals surface area (Å²) < 4.78 is 24.8. The first-order valence-corrected chi connectivity index (χ1v) is 9.07. The van der Waals surface area contributed by atoms with Crippen LogP contribution < -0.4 is 10.1 Å². The van der Waals surface area contributed by atoms with Crippen LogP contribution in [0.5, 0.6) is 5.75 Å². The van der Waals surface area contributed by atoms with Crippen molar-refractivity contribution < 1.29 is 18.7 Å². The minimum Gasteiger partial charge on any atom is -0.471 e. The van der Waals surface area contributed by atoms with E-state index in [1.54, 1.807) is 52.0 Å². The molecule has 0 aliphatic heterocycles. The van der Waals surface area contributed by atoms with Gasteiger partial charge in [0, 0.05) is 6.07 Å². The molecule has 0 saturated heterocycles. The molecule has 0 radical (unpaired) electrons. The van der Waals surface area contributed by atoms with E-state index in [9.17, 15) is 9.18 Å². The summed E-state index contributed by atoms with van der Waals surface area (Å²) in [5.74, 6) is -0.185. The van der Waals surface area contributed by atoms with Crippen molar-refractivity contribution in [3.63, 3.8) is 0 Å². The van der Waals surface area contributed by atoms with E-state index in [-0.39, 0.29) is 5.75 Å². The van der Waals surface area contributed by atoms with Gasteiger partial charge in [0.25, 0.3) is 0 Å². The third kappa shape index (κ3) is 6.75. The number of alkyl carbamates (subject to hydrolysis) is 1. The highest BCUT2D eigenvalue weighted by Crippen LogP contribution is 2.23. The first-order chi connectivity index (χ1) is 13.1. The van der Waals surface area contributed by atoms with Gasteiger partial charge in [-0.3, -0.25) is 5.32 Å². The van der Waals surface area contributed by atoms with Gasteiger partial charge in [-0.2, -0.15) is 5.26 Å². The standard InChI is InChI=1S/C21H22ClFN2O3/c1-13(25-20(26)28-21(2,3)4)27-18-9-15(8-17(23)11-18)7-14-5-6-16(12-24)19(22)10-14/h5-6,8-11,13H,7H2,1-4H3,(H,25,26). The number of ether oxygens (including phenoxy) is 2. The number of carbonyl (C=O) groups is 1. The number of benzene rings is 2. The molecule has 2 aromatic rings. The smallest absolute Gasteiger partial charge is 0.410 e. The molecular formula is C21H22ClFN2O3. The normalized spacial score (nSPS) is 12.0. The number of hydrogen-bond donors (Lipinski definition) is 1. The SMILES string of the molecule is CC(NC(=O)OC(C)(C)C)Oc1cc(F)cc(Cc2ccc(C#N)c(Cl)c2)c1. The van der Waals surface area contributed by atoms with Crippen LogP contribution in [-0.2, 0) is 11.2 Å². The first kappa shape index (κ1) is 21.5. The maximum absolute atomic E-state index is 14.0. The van der Waals surface area contributed by atoms with Crippen molar-refractivity contribution in [2.24, 2.45) is 0 Å². The fourth-order valence-electron chi connectivity index (χ4n) is 2.49. The maximum atomic E-state index is 14.0. The molecule has 7 heteroatoms. The average molecular weight is 405 g/mol. The van der Waals surface area contributed by atoms with E-state index >= 15 is 0 Å². The van der Waals surface area contributed by atoms with Crippen LogP contribution in [0.3, 0.4) is 0 Å². The van der Waals surface area contributed by atoms with Crippen molar-refractivity contribution in [2.45, 2.75) is 45.9 Å². The van der Waals surface area contributed by atoms with Crippen LogP contribution in [0.4, 0.5) is 9.18 Å². The van der Waals surface area contributed by atoms with Gasteiger partial charge >= 0.3 is 6.09 Å². The Hall–Kier alpha value is -2.78. The van der Waals surface area contributed by atoms with Gasteiger partial charge in [0.05, 0.1) is 10.6 Å². The molecule has 148 valence electrons. The van der Waals surface area contributed by atoms with Crippen molar-refractivity contribution in [2.75, 3.05) is 0 Å². The van der Waals surface area contributed by atoms with Crippen LogP contribution in [0.2, 0.25) is 5.02 Å². The quantitative estimate of drug-likeness (QED) is 0.696. The van der Waals surface area contributed by atoms with Gasteiger partial charge in [-0.25, -0.2) is 9.18 Å². The number of nitrogens with zero attached hydrogens (tertiary/aromatic N) is 1. The summed E-state index contributed by atoms with van der Waals surface area (Å²) in [5.41, 5.74) is 1.26. The molecule has 5 nitrogen and oxygen atoms in total. The number of halogens is 2. The molecule has 0 spiro atoms. The van der Waals surface area contributed by atoms with Crippen LogP contribution in [0.1, 0.15) is 44.4 Å². The number of rotatable bonds is 5. The summed E-state index contributed by atoms with van der Waals surface area (Å²) in [5, 5.41) is 11.8. The fourth-order valence-corrected chi connectivity index (χ4v) is 2.74. The lowest BCUT2D eigenvalue weighted by Gasteiger charge is -2.22. The Morgan fingerprint density at radius 3 is 2.57 bits per heavy atom. The number of nitrogens with one attached hydrogen (secondary N) is 1. The van der Waals surface area contributed by atoms with Crippen LogP contribution in [0, 0.1) is 17.1 Å². The van der Waals surface area contributed by atoms with Gasteiger partial charge in [0.2, 0.25) is 0 Å². The third-order valence-corrected chi connectivity index (χ3v) is 3.84. The van der Waals surface area contributed by atoms with Crippen molar-refractivity contribution in [3.8, 4) is 11.8 Å². The lowest BCUT2D eigenvalue weighted by atomic mass is 10.0. The fraction of sp³-hybridized carbons (Fsp3) is 0.333. The first-order valence-electron chi connectivity index (χ1n) is 8.70. The van der Waals surface area contributed by atoms with Crippen LogP contribution >= 0.6 is 11.6 Å². The zero-order valence-electron chi connectivity index (χ0n) is 16.2. The van der Waals surface area contributed by atoms with E-state index in [1.165, 1.54) is 12.1 Å². The lowest BCUT2D eigenvalue weighted by molar-refractivity contribution is 0.0414. The topological polar surface area (TPSA) is 71.3 Å². The number of carbonyl (C=O) groups excluding carboxylic acids is 1. The molecule has 0 bridgehead atoms. The van der Waals surface area contributed by atoms with Gasteiger partial charge in [-0.05, 0) is 69.5 Å². The summed E-state index contributed by atoms with van der Waals surface area (Å²) in [4.78, 5) is 11.8. The Balaban J connectivity index is 2.07. The summed E-state index contributed by atoms with van der Waals surface area (Å²) in [7, 11) is 0. The molecule has 28 heavy (non-hydrogen) atoms. The predicted molar refractivity (Wildman–Crippen MR) is 105 cm³/mol. The number of nitriles is 1. The minimum atomic E-state index is -0.714. The molecule has 0 aliphatic carbocycles. The van der Waals surface area contributed by atoms with Gasteiger partial charge in [-0.15, -0.1) is 0 Å². The molecule has 0 fully saturated rings. The van der Waals surface area contributed by atoms with E-state index in [0.29, 0.717) is 22.6 Å². The molecule has 2 rings (SSSR count). The van der Waals surface area contributed by atoms with E-state index in [2.05, 4.69) is 5.32 Å². The van der Waals surface area contributed by atoms with E-state index < -0.39 is 23.7 Å². The summed E-state index contributed by atoms with van der Waals surface area (Å²) >= 11 is 6.05. The Morgan fingerprint density at radius 2 is 1.96 bits per heavy atom. The van der Waals surface area contributed by atoms with Crippen LogP contribution in [-0.4, -0.2) is 17.9 Å². The van der Waals surface area contributed by atoms with Gasteiger partial charge in [0.1, 0.15) is 23.2 Å². The highest BCUT2D eigenvalue weighted by molar-refractivity contribution is 6.31. The van der Waals surface area contributed by atoms with E-state index in [0.717, 1.165) is 5.56 Å². The second-order valence-electron chi connectivity index (χ2n) is 7.30. The highest BCUT2D eigenvalue weighted by Gasteiger charge is 2.18. The molecule has 0 saturated carbocycles. The molecular weight excluding hydrogens is 383 g/mol. The molecule has 1 atom stereocenters. The molecule has 1 N–H and O–H groups in total. The Bertz CT molecular complexity index is 903. The van der Waals surface area contributed by atoms with Crippen molar-refractivity contribution >= 4 is 17.7 Å². The Labute approximate surface area is 169 Å². The van der Waals surface area contributed by atoms with Gasteiger partial charge in [-0.1, -0.05) is 17.7 Å². The molecule has 0 aliphatic rings. The zero-order chi connectivity index (χ0) is 20.9. The molecule has 0 aromatic heterocycles. The third-order valence-electron chi connectivity index (χ3n) is 3.53. The Kier molecular flexibility index (Phi) is 6.87. The largest absolute Gasteiger partial charge is 0.471 e. The second kappa shape index (κ2) is 8.94. The van der Waals surface area contributed by atoms with E-state index in [4.69, 9.17) is 26.3 Å². The molecule has 1 amide bonds. The summed E-state index contributed by atoms with van der Waals surface area (Å²) in [6.07, 6.45) is -0.925. The van der Waals surface area contributed by atoms with Gasteiger partial charge < -0.3 is 9.47 Å². The summed E-state index contributed by atoms with van der Waals surface area (Å²) in [6, 6.07) is 11.4.